The number of hydrogen-bond donors (Lipinski definition) is 0. The molecule has 13 heavy (non-hydrogen) atoms. The van der Waals surface area contributed by atoms with Crippen LogP contribution in [0.2, 0.25) is 0 Å². The Morgan fingerprint density at radius 2 is 2.15 bits per heavy atom. The number of rotatable bonds is 3. The zero-order valence-corrected chi connectivity index (χ0v) is 9.34. The van der Waals surface area contributed by atoms with Crippen LogP contribution in [0.15, 0.2) is 0 Å². The highest BCUT2D eigenvalue weighted by Crippen LogP contribution is 2.15. The van der Waals surface area contributed by atoms with Gasteiger partial charge in [-0.25, -0.2) is 12.7 Å². The van der Waals surface area contributed by atoms with Crippen molar-refractivity contribution in [3.63, 3.8) is 0 Å². The maximum Gasteiger partial charge on any atom is 0.211 e. The highest BCUT2D eigenvalue weighted by Gasteiger charge is 2.28. The van der Waals surface area contributed by atoms with Gasteiger partial charge in [0.15, 0.2) is 0 Å². The minimum Gasteiger partial charge on any atom is -0.302 e. The maximum atomic E-state index is 11.2. The molecule has 0 saturated carbocycles. The Morgan fingerprint density at radius 3 is 2.54 bits per heavy atom. The second-order valence-corrected chi connectivity index (χ2v) is 5.66. The van der Waals surface area contributed by atoms with Gasteiger partial charge in [0.05, 0.1) is 6.26 Å². The first-order valence-electron chi connectivity index (χ1n) is 4.60. The Balaban J connectivity index is 2.56. The third-order valence-electron chi connectivity index (χ3n) is 2.73. The van der Waals surface area contributed by atoms with E-state index >= 15 is 0 Å². The summed E-state index contributed by atoms with van der Waals surface area (Å²) in [5, 5.41) is 0. The molecule has 0 aromatic heterocycles. The lowest BCUT2D eigenvalue weighted by Gasteiger charge is -2.21. The summed E-state index contributed by atoms with van der Waals surface area (Å²) in [5.74, 6) is 0. The Labute approximate surface area is 80.6 Å². The Bertz CT molecular complexity index is 263. The van der Waals surface area contributed by atoms with Crippen LogP contribution in [0.3, 0.4) is 0 Å². The molecule has 0 radical (unpaired) electrons. The first kappa shape index (κ1) is 10.9. The summed E-state index contributed by atoms with van der Waals surface area (Å²) in [6, 6.07) is 0.176. The molecule has 0 N–H and O–H groups in total. The monoisotopic (exact) mass is 206 g/mol. The lowest BCUT2D eigenvalue weighted by molar-refractivity contribution is 0.317. The van der Waals surface area contributed by atoms with E-state index in [9.17, 15) is 8.42 Å². The zero-order valence-electron chi connectivity index (χ0n) is 8.52. The first-order valence-corrected chi connectivity index (χ1v) is 6.45. The van der Waals surface area contributed by atoms with E-state index in [1.807, 2.05) is 0 Å². The van der Waals surface area contributed by atoms with Crippen LogP contribution in [0.25, 0.3) is 0 Å². The van der Waals surface area contributed by atoms with E-state index in [-0.39, 0.29) is 6.04 Å². The van der Waals surface area contributed by atoms with E-state index in [0.29, 0.717) is 0 Å². The molecule has 78 valence electrons. The summed E-state index contributed by atoms with van der Waals surface area (Å²) >= 11 is 0. The standard InChI is InChI=1S/C8H18N2O2S/c1-4-10-6-5-8(7-10)9(2)13(3,11)12/h8H,4-7H2,1-3H3/t8-/m0/s1. The number of nitrogens with zero attached hydrogens (tertiary/aromatic N) is 2. The summed E-state index contributed by atoms with van der Waals surface area (Å²) in [5.41, 5.74) is 0. The van der Waals surface area contributed by atoms with Crippen molar-refractivity contribution < 1.29 is 8.42 Å². The van der Waals surface area contributed by atoms with E-state index < -0.39 is 10.0 Å². The van der Waals surface area contributed by atoms with Gasteiger partial charge in [0.1, 0.15) is 0 Å². The third kappa shape index (κ3) is 2.65. The number of sulfonamides is 1. The van der Waals surface area contributed by atoms with Crippen LogP contribution in [-0.2, 0) is 10.0 Å². The SMILES string of the molecule is CCN1CC[C@H](N(C)S(C)(=O)=O)C1. The summed E-state index contributed by atoms with van der Waals surface area (Å²) in [4.78, 5) is 2.27. The molecule has 5 heteroatoms. The van der Waals surface area contributed by atoms with Crippen molar-refractivity contribution >= 4 is 10.0 Å². The van der Waals surface area contributed by atoms with E-state index in [1.54, 1.807) is 7.05 Å². The number of hydrogen-bond acceptors (Lipinski definition) is 3. The molecule has 4 nitrogen and oxygen atoms in total. The number of likely N-dealkylation sites (tertiary alicyclic amines) is 1. The van der Waals surface area contributed by atoms with Gasteiger partial charge in [-0.05, 0) is 19.5 Å². The molecule has 0 unspecified atom stereocenters. The van der Waals surface area contributed by atoms with Gasteiger partial charge >= 0.3 is 0 Å². The van der Waals surface area contributed by atoms with Crippen LogP contribution in [0.4, 0.5) is 0 Å². The lowest BCUT2D eigenvalue weighted by Crippen LogP contribution is -2.38. The van der Waals surface area contributed by atoms with Crippen molar-refractivity contribution in [1.82, 2.24) is 9.21 Å². The quantitative estimate of drug-likeness (QED) is 0.651. The van der Waals surface area contributed by atoms with Crippen molar-refractivity contribution in [1.29, 1.82) is 0 Å². The largest absolute Gasteiger partial charge is 0.302 e. The van der Waals surface area contributed by atoms with Crippen LogP contribution < -0.4 is 0 Å². The van der Waals surface area contributed by atoms with Gasteiger partial charge in [-0.1, -0.05) is 6.92 Å². The Kier molecular flexibility index (Phi) is 3.32. The van der Waals surface area contributed by atoms with Gasteiger partial charge in [0.25, 0.3) is 0 Å². The maximum absolute atomic E-state index is 11.2. The molecule has 0 aliphatic carbocycles. The summed E-state index contributed by atoms with van der Waals surface area (Å²) in [7, 11) is -1.35. The van der Waals surface area contributed by atoms with Crippen LogP contribution in [-0.4, -0.2) is 56.6 Å². The second kappa shape index (κ2) is 3.94. The molecule has 0 amide bonds. The topological polar surface area (TPSA) is 40.6 Å². The van der Waals surface area contributed by atoms with Gasteiger partial charge < -0.3 is 4.90 Å². The van der Waals surface area contributed by atoms with Gasteiger partial charge in [-0.2, -0.15) is 0 Å². The second-order valence-electron chi connectivity index (χ2n) is 3.61. The molecule has 0 aromatic rings. The van der Waals surface area contributed by atoms with Gasteiger partial charge in [0.2, 0.25) is 10.0 Å². The molecule has 1 rings (SSSR count). The van der Waals surface area contributed by atoms with Crippen molar-refractivity contribution in [3.8, 4) is 0 Å². The van der Waals surface area contributed by atoms with Gasteiger partial charge in [-0.3, -0.25) is 0 Å². The van der Waals surface area contributed by atoms with Crippen molar-refractivity contribution in [2.75, 3.05) is 32.9 Å². The van der Waals surface area contributed by atoms with Crippen molar-refractivity contribution in [2.24, 2.45) is 0 Å². The normalized spacial score (nSPS) is 25.7. The molecular formula is C8H18N2O2S. The van der Waals surface area contributed by atoms with Gasteiger partial charge in [-0.15, -0.1) is 0 Å². The van der Waals surface area contributed by atoms with Crippen molar-refractivity contribution in [3.05, 3.63) is 0 Å². The van der Waals surface area contributed by atoms with E-state index in [1.165, 1.54) is 10.6 Å². The predicted octanol–water partition coefficient (Wildman–Crippen LogP) is -0.0280. The summed E-state index contributed by atoms with van der Waals surface area (Å²) < 4.78 is 23.9. The zero-order chi connectivity index (χ0) is 10.1. The van der Waals surface area contributed by atoms with E-state index in [2.05, 4.69) is 11.8 Å². The lowest BCUT2D eigenvalue weighted by atomic mass is 10.3. The predicted molar refractivity (Wildman–Crippen MR) is 53.1 cm³/mol. The molecule has 1 aliphatic rings. The Hall–Kier alpha value is -0.130. The fraction of sp³-hybridized carbons (Fsp3) is 1.00. The molecule has 1 fully saturated rings. The van der Waals surface area contributed by atoms with Crippen molar-refractivity contribution in [2.45, 2.75) is 19.4 Å². The van der Waals surface area contributed by atoms with Crippen LogP contribution in [0, 0.1) is 0 Å². The minimum atomic E-state index is -3.01. The summed E-state index contributed by atoms with van der Waals surface area (Å²) in [6.07, 6.45) is 2.22. The van der Waals surface area contributed by atoms with E-state index in [4.69, 9.17) is 0 Å². The highest BCUT2D eigenvalue weighted by molar-refractivity contribution is 7.88. The molecule has 0 spiro atoms. The molecule has 1 aliphatic heterocycles. The van der Waals surface area contributed by atoms with Crippen LogP contribution in [0.1, 0.15) is 13.3 Å². The summed E-state index contributed by atoms with van der Waals surface area (Å²) in [6.45, 7) is 5.00. The average molecular weight is 206 g/mol. The highest BCUT2D eigenvalue weighted by atomic mass is 32.2. The minimum absolute atomic E-state index is 0.176. The van der Waals surface area contributed by atoms with Crippen LogP contribution >= 0.6 is 0 Å². The average Bonchev–Trinajstić information content (AvgIpc) is 2.48. The Morgan fingerprint density at radius 1 is 1.54 bits per heavy atom. The number of likely N-dealkylation sites (N-methyl/N-ethyl adjacent to an activating group) is 2. The molecule has 1 saturated heterocycles. The third-order valence-corrected chi connectivity index (χ3v) is 4.08. The molecular weight excluding hydrogens is 188 g/mol. The fourth-order valence-corrected chi connectivity index (χ4v) is 2.38. The molecule has 0 bridgehead atoms. The van der Waals surface area contributed by atoms with Crippen LogP contribution in [0.5, 0.6) is 0 Å². The first-order chi connectivity index (χ1) is 5.95. The fourth-order valence-electron chi connectivity index (χ4n) is 1.67. The molecule has 1 atom stereocenters. The van der Waals surface area contributed by atoms with Gasteiger partial charge in [0, 0.05) is 19.6 Å². The smallest absolute Gasteiger partial charge is 0.211 e. The molecule has 0 aromatic carbocycles. The van der Waals surface area contributed by atoms with E-state index in [0.717, 1.165) is 26.1 Å². The molecule has 1 heterocycles.